The van der Waals surface area contributed by atoms with Crippen molar-refractivity contribution in [1.82, 2.24) is 4.90 Å². The summed E-state index contributed by atoms with van der Waals surface area (Å²) in [5, 5.41) is 9.78. The largest absolute Gasteiger partial charge is 0.481 e. The summed E-state index contributed by atoms with van der Waals surface area (Å²) in [5.74, 6) is -1.97. The highest BCUT2D eigenvalue weighted by molar-refractivity contribution is 6.33. The molecule has 3 rings (SSSR count). The zero-order chi connectivity index (χ0) is 18.1. The molecule has 1 saturated heterocycles. The van der Waals surface area contributed by atoms with Crippen molar-refractivity contribution in [3.05, 3.63) is 28.8 Å². The first-order valence-corrected chi connectivity index (χ1v) is 8.80. The Balaban J connectivity index is 1.87. The van der Waals surface area contributed by atoms with Crippen molar-refractivity contribution >= 4 is 34.9 Å². The summed E-state index contributed by atoms with van der Waals surface area (Å²) in [6.45, 7) is 4.05. The number of amides is 1. The van der Waals surface area contributed by atoms with Gasteiger partial charge in [-0.05, 0) is 18.1 Å². The Bertz CT molecular complexity index is 713. The summed E-state index contributed by atoms with van der Waals surface area (Å²) in [4.78, 5) is 39.0. The number of ketones is 1. The number of hydrogen-bond donors (Lipinski definition) is 1. The van der Waals surface area contributed by atoms with Gasteiger partial charge in [0.05, 0.1) is 16.6 Å². The van der Waals surface area contributed by atoms with Crippen molar-refractivity contribution in [2.45, 2.75) is 25.7 Å². The van der Waals surface area contributed by atoms with Gasteiger partial charge in [0.15, 0.2) is 0 Å². The summed E-state index contributed by atoms with van der Waals surface area (Å²) in [5.41, 5.74) is 1.61. The normalized spacial score (nSPS) is 23.8. The van der Waals surface area contributed by atoms with E-state index in [0.29, 0.717) is 37.6 Å². The maximum absolute atomic E-state index is 12.4. The molecule has 0 bridgehead atoms. The molecule has 134 valence electrons. The van der Waals surface area contributed by atoms with Crippen LogP contribution in [0.15, 0.2) is 18.2 Å². The van der Waals surface area contributed by atoms with Crippen molar-refractivity contribution in [2.75, 3.05) is 31.1 Å². The first-order chi connectivity index (χ1) is 11.9. The molecule has 7 heteroatoms. The minimum atomic E-state index is -0.922. The third-order valence-corrected chi connectivity index (χ3v) is 5.45. The number of rotatable bonds is 3. The van der Waals surface area contributed by atoms with Crippen LogP contribution in [0.5, 0.6) is 0 Å². The second kappa shape index (κ2) is 7.04. The Morgan fingerprint density at radius 2 is 1.88 bits per heavy atom. The highest BCUT2D eigenvalue weighted by Gasteiger charge is 2.39. The van der Waals surface area contributed by atoms with E-state index in [1.807, 2.05) is 6.07 Å². The lowest BCUT2D eigenvalue weighted by molar-refractivity contribution is -0.142. The van der Waals surface area contributed by atoms with Crippen LogP contribution in [0.1, 0.15) is 31.2 Å². The van der Waals surface area contributed by atoms with Crippen LogP contribution >= 0.6 is 11.6 Å². The Hall–Kier alpha value is -2.08. The van der Waals surface area contributed by atoms with Gasteiger partial charge < -0.3 is 14.9 Å². The van der Waals surface area contributed by atoms with Crippen molar-refractivity contribution < 1.29 is 19.5 Å². The standard InChI is InChI=1S/C18H21ClN2O4/c1-11(22)20-5-7-21(8-6-20)17-13(3-2-4-15(17)19)14-9-12(18(24)25)10-16(14)23/h2-4,12,14H,5-10H2,1H3,(H,24,25)/t12-,14-/m0/s1. The van der Waals surface area contributed by atoms with Gasteiger partial charge >= 0.3 is 5.97 Å². The molecule has 1 heterocycles. The summed E-state index contributed by atoms with van der Waals surface area (Å²) < 4.78 is 0. The van der Waals surface area contributed by atoms with Gasteiger partial charge in [-0.25, -0.2) is 0 Å². The van der Waals surface area contributed by atoms with Crippen LogP contribution in [0.25, 0.3) is 0 Å². The number of para-hydroxylation sites is 1. The van der Waals surface area contributed by atoms with Gasteiger partial charge in [0, 0.05) is 45.4 Å². The summed E-state index contributed by atoms with van der Waals surface area (Å²) in [7, 11) is 0. The summed E-state index contributed by atoms with van der Waals surface area (Å²) in [6, 6.07) is 5.45. The zero-order valence-corrected chi connectivity index (χ0v) is 14.8. The zero-order valence-electron chi connectivity index (χ0n) is 14.1. The molecule has 2 aliphatic rings. The minimum absolute atomic E-state index is 0.0433. The second-order valence-electron chi connectivity index (χ2n) is 6.66. The van der Waals surface area contributed by atoms with E-state index in [-0.39, 0.29) is 18.1 Å². The molecule has 1 aromatic rings. The molecular weight excluding hydrogens is 344 g/mol. The van der Waals surface area contributed by atoms with E-state index in [9.17, 15) is 19.5 Å². The molecule has 0 spiro atoms. The number of carboxylic acids is 1. The lowest BCUT2D eigenvalue weighted by Crippen LogP contribution is -2.48. The van der Waals surface area contributed by atoms with Gasteiger partial charge in [-0.1, -0.05) is 23.7 Å². The fourth-order valence-electron chi connectivity index (χ4n) is 3.76. The van der Waals surface area contributed by atoms with Gasteiger partial charge in [0.1, 0.15) is 5.78 Å². The van der Waals surface area contributed by atoms with Crippen LogP contribution in [0.3, 0.4) is 0 Å². The molecule has 1 aliphatic carbocycles. The number of piperazine rings is 1. The number of anilines is 1. The van der Waals surface area contributed by atoms with E-state index in [0.717, 1.165) is 11.3 Å². The number of halogens is 1. The van der Waals surface area contributed by atoms with Gasteiger partial charge in [-0.3, -0.25) is 14.4 Å². The van der Waals surface area contributed by atoms with E-state index < -0.39 is 17.8 Å². The third-order valence-electron chi connectivity index (χ3n) is 5.14. The monoisotopic (exact) mass is 364 g/mol. The lowest BCUT2D eigenvalue weighted by Gasteiger charge is -2.37. The van der Waals surface area contributed by atoms with Crippen LogP contribution in [-0.4, -0.2) is 53.8 Å². The predicted molar refractivity (Wildman–Crippen MR) is 94.0 cm³/mol. The van der Waals surface area contributed by atoms with Gasteiger partial charge in [-0.15, -0.1) is 0 Å². The molecule has 0 radical (unpaired) electrons. The topological polar surface area (TPSA) is 77.9 Å². The van der Waals surface area contributed by atoms with Crippen molar-refractivity contribution in [2.24, 2.45) is 5.92 Å². The number of Topliss-reactive ketones (excluding diaryl/α,β-unsaturated/α-hetero) is 1. The van der Waals surface area contributed by atoms with Crippen LogP contribution < -0.4 is 4.90 Å². The number of aliphatic carboxylic acids is 1. The molecule has 1 N–H and O–H groups in total. The van der Waals surface area contributed by atoms with E-state index in [4.69, 9.17) is 11.6 Å². The highest BCUT2D eigenvalue weighted by atomic mass is 35.5. The first kappa shape index (κ1) is 17.7. The van der Waals surface area contributed by atoms with Crippen molar-refractivity contribution in [1.29, 1.82) is 0 Å². The molecule has 1 saturated carbocycles. The van der Waals surface area contributed by atoms with Gasteiger partial charge in [-0.2, -0.15) is 0 Å². The highest BCUT2D eigenvalue weighted by Crippen LogP contribution is 2.42. The predicted octanol–water partition coefficient (Wildman–Crippen LogP) is 2.16. The van der Waals surface area contributed by atoms with Crippen LogP contribution in [-0.2, 0) is 14.4 Å². The molecule has 1 amide bonds. The Morgan fingerprint density at radius 3 is 2.44 bits per heavy atom. The minimum Gasteiger partial charge on any atom is -0.481 e. The summed E-state index contributed by atoms with van der Waals surface area (Å²) in [6.07, 6.45) is 0.388. The second-order valence-corrected chi connectivity index (χ2v) is 7.07. The van der Waals surface area contributed by atoms with E-state index in [1.165, 1.54) is 0 Å². The molecule has 25 heavy (non-hydrogen) atoms. The number of nitrogens with zero attached hydrogens (tertiary/aromatic N) is 2. The smallest absolute Gasteiger partial charge is 0.306 e. The first-order valence-electron chi connectivity index (χ1n) is 8.43. The maximum Gasteiger partial charge on any atom is 0.306 e. The third kappa shape index (κ3) is 3.49. The van der Waals surface area contributed by atoms with Gasteiger partial charge in [0.25, 0.3) is 0 Å². The summed E-state index contributed by atoms with van der Waals surface area (Å²) >= 11 is 6.44. The van der Waals surface area contributed by atoms with E-state index in [1.54, 1.807) is 24.0 Å². The molecular formula is C18H21ClN2O4. The fraction of sp³-hybridized carbons (Fsp3) is 0.500. The molecule has 2 atom stereocenters. The molecule has 0 unspecified atom stereocenters. The van der Waals surface area contributed by atoms with Crippen LogP contribution in [0.4, 0.5) is 5.69 Å². The number of benzene rings is 1. The molecule has 2 fully saturated rings. The number of carboxylic acid groups (broad SMARTS) is 1. The molecule has 1 aliphatic heterocycles. The van der Waals surface area contributed by atoms with Crippen molar-refractivity contribution in [3.8, 4) is 0 Å². The van der Waals surface area contributed by atoms with Gasteiger partial charge in [0.2, 0.25) is 5.91 Å². The average molecular weight is 365 g/mol. The van der Waals surface area contributed by atoms with Crippen LogP contribution in [0, 0.1) is 5.92 Å². The SMILES string of the molecule is CC(=O)N1CCN(c2c(Cl)cccc2[C@@H]2C[C@H](C(=O)O)CC2=O)CC1. The lowest BCUT2D eigenvalue weighted by atomic mass is 9.93. The maximum atomic E-state index is 12.4. The molecule has 1 aromatic carbocycles. The quantitative estimate of drug-likeness (QED) is 0.889. The number of carbonyl (C=O) groups excluding carboxylic acids is 2. The van der Waals surface area contributed by atoms with Crippen molar-refractivity contribution in [3.63, 3.8) is 0 Å². The number of carbonyl (C=O) groups is 3. The van der Waals surface area contributed by atoms with E-state index in [2.05, 4.69) is 4.90 Å². The molecule has 0 aromatic heterocycles. The Kier molecular flexibility index (Phi) is 4.99. The Morgan fingerprint density at radius 1 is 1.20 bits per heavy atom. The average Bonchev–Trinajstić information content (AvgIpc) is 2.97. The molecule has 6 nitrogen and oxygen atoms in total. The Labute approximate surface area is 151 Å². The van der Waals surface area contributed by atoms with Crippen LogP contribution in [0.2, 0.25) is 5.02 Å². The number of hydrogen-bond acceptors (Lipinski definition) is 4. The van der Waals surface area contributed by atoms with E-state index >= 15 is 0 Å². The fourth-order valence-corrected chi connectivity index (χ4v) is 4.07.